The van der Waals surface area contributed by atoms with Crippen LogP contribution in [0.5, 0.6) is 5.88 Å². The van der Waals surface area contributed by atoms with E-state index in [1.807, 2.05) is 6.92 Å². The number of carbonyl (C=O) groups is 2. The van der Waals surface area contributed by atoms with Gasteiger partial charge in [0.15, 0.2) is 5.82 Å². The predicted molar refractivity (Wildman–Crippen MR) is 123 cm³/mol. The molecule has 0 aliphatic rings. The second kappa shape index (κ2) is 10.7. The third-order valence-electron chi connectivity index (χ3n) is 4.54. The van der Waals surface area contributed by atoms with Gasteiger partial charge in [0.05, 0.1) is 34.6 Å². The summed E-state index contributed by atoms with van der Waals surface area (Å²) in [5.41, 5.74) is 1.48. The van der Waals surface area contributed by atoms with E-state index in [0.717, 1.165) is 0 Å². The zero-order valence-electron chi connectivity index (χ0n) is 18.1. The Hall–Kier alpha value is -2.79. The van der Waals surface area contributed by atoms with Crippen molar-refractivity contribution in [3.8, 4) is 5.88 Å². The minimum Gasteiger partial charge on any atom is -0.480 e. The molecule has 1 aromatic carbocycles. The second-order valence-electron chi connectivity index (χ2n) is 6.72. The van der Waals surface area contributed by atoms with E-state index in [9.17, 15) is 9.59 Å². The number of nitrogens with zero attached hydrogens (tertiary/aromatic N) is 2. The number of methoxy groups -OCH3 is 3. The highest BCUT2D eigenvalue weighted by atomic mass is 35.5. The van der Waals surface area contributed by atoms with Crippen LogP contribution in [0.15, 0.2) is 18.2 Å². The molecule has 2 amide bonds. The number of halogens is 1. The Kier molecular flexibility index (Phi) is 7.97. The summed E-state index contributed by atoms with van der Waals surface area (Å²) in [6.07, 6.45) is 0. The lowest BCUT2D eigenvalue weighted by atomic mass is 10.1. The van der Waals surface area contributed by atoms with Gasteiger partial charge in [-0.15, -0.1) is 11.3 Å². The molecular weight excluding hydrogens is 456 g/mol. The molecule has 3 rings (SSSR count). The molecule has 0 aliphatic heterocycles. The Bertz CT molecular complexity index is 1150. The lowest BCUT2D eigenvalue weighted by Gasteiger charge is -2.09. The van der Waals surface area contributed by atoms with Crippen molar-refractivity contribution in [2.45, 2.75) is 13.5 Å². The number of hydrogen-bond donors (Lipinski definition) is 2. The number of thiophene rings is 1. The van der Waals surface area contributed by atoms with E-state index in [1.54, 1.807) is 26.4 Å². The Morgan fingerprint density at radius 3 is 2.56 bits per heavy atom. The van der Waals surface area contributed by atoms with E-state index >= 15 is 0 Å². The maximum absolute atomic E-state index is 13.0. The molecule has 2 aromatic heterocycles. The molecule has 170 valence electrons. The summed E-state index contributed by atoms with van der Waals surface area (Å²) in [4.78, 5) is 35.1. The van der Waals surface area contributed by atoms with Crippen molar-refractivity contribution in [1.29, 1.82) is 0 Å². The largest absolute Gasteiger partial charge is 0.480 e. The second-order valence-corrected chi connectivity index (χ2v) is 8.12. The number of fused-ring (bicyclic) bond motifs is 1. The van der Waals surface area contributed by atoms with Crippen molar-refractivity contribution >= 4 is 50.7 Å². The van der Waals surface area contributed by atoms with Gasteiger partial charge in [0.2, 0.25) is 5.88 Å². The number of nitrogens with one attached hydrogen (secondary N) is 2. The highest BCUT2D eigenvalue weighted by Gasteiger charge is 2.22. The molecule has 9 nitrogen and oxygen atoms in total. The molecule has 0 spiro atoms. The monoisotopic (exact) mass is 478 g/mol. The van der Waals surface area contributed by atoms with Crippen LogP contribution in [0.2, 0.25) is 5.02 Å². The highest BCUT2D eigenvalue weighted by molar-refractivity contribution is 7.20. The maximum atomic E-state index is 13.0. The van der Waals surface area contributed by atoms with Gasteiger partial charge in [0.1, 0.15) is 11.4 Å². The van der Waals surface area contributed by atoms with Crippen molar-refractivity contribution in [3.05, 3.63) is 45.1 Å². The van der Waals surface area contributed by atoms with Gasteiger partial charge in [-0.05, 0) is 30.7 Å². The van der Waals surface area contributed by atoms with Crippen LogP contribution < -0.4 is 15.4 Å². The van der Waals surface area contributed by atoms with E-state index in [4.69, 9.17) is 25.8 Å². The summed E-state index contributed by atoms with van der Waals surface area (Å²) in [6, 6.07) is 4.71. The Balaban J connectivity index is 1.83. The van der Waals surface area contributed by atoms with Crippen LogP contribution in [0.3, 0.4) is 0 Å². The lowest BCUT2D eigenvalue weighted by molar-refractivity contribution is 0.0936. The van der Waals surface area contributed by atoms with Crippen molar-refractivity contribution in [2.24, 2.45) is 0 Å². The van der Waals surface area contributed by atoms with Crippen molar-refractivity contribution < 1.29 is 23.8 Å². The molecule has 32 heavy (non-hydrogen) atoms. The van der Waals surface area contributed by atoms with Crippen LogP contribution in [-0.4, -0.2) is 56.3 Å². The van der Waals surface area contributed by atoms with Crippen LogP contribution >= 0.6 is 22.9 Å². The minimum atomic E-state index is -0.325. The van der Waals surface area contributed by atoms with E-state index in [1.165, 1.54) is 24.5 Å². The number of aromatic nitrogens is 2. The standard InChI is InChI=1S/C21H23ClN4O5S/c1-11-16-20(31-4)25-15(10-30-3)26-21(16)32-17(11)19(28)24-12-5-6-13(14(22)9-12)18(27)23-7-8-29-2/h5-6,9H,7-8,10H2,1-4H3,(H,23,27)(H,24,28). The van der Waals surface area contributed by atoms with E-state index in [2.05, 4.69) is 20.6 Å². The van der Waals surface area contributed by atoms with Gasteiger partial charge in [-0.2, -0.15) is 4.98 Å². The molecule has 0 unspecified atom stereocenters. The fourth-order valence-electron chi connectivity index (χ4n) is 3.03. The molecule has 11 heteroatoms. The van der Waals surface area contributed by atoms with Gasteiger partial charge in [-0.1, -0.05) is 11.6 Å². The van der Waals surface area contributed by atoms with Crippen molar-refractivity contribution in [3.63, 3.8) is 0 Å². The number of benzene rings is 1. The van der Waals surface area contributed by atoms with Gasteiger partial charge in [-0.3, -0.25) is 9.59 Å². The Morgan fingerprint density at radius 2 is 1.91 bits per heavy atom. The number of aryl methyl sites for hydroxylation is 1. The Morgan fingerprint density at radius 1 is 1.12 bits per heavy atom. The molecule has 0 aliphatic carbocycles. The summed E-state index contributed by atoms with van der Waals surface area (Å²) in [6.45, 7) is 2.81. The fraction of sp³-hybridized carbons (Fsp3) is 0.333. The van der Waals surface area contributed by atoms with Gasteiger partial charge in [0.25, 0.3) is 11.8 Å². The predicted octanol–water partition coefficient (Wildman–Crippen LogP) is 3.44. The number of amides is 2. The molecule has 0 fully saturated rings. The number of hydrogen-bond acceptors (Lipinski definition) is 8. The molecule has 0 saturated heterocycles. The lowest BCUT2D eigenvalue weighted by Crippen LogP contribution is -2.27. The topological polar surface area (TPSA) is 112 Å². The zero-order valence-corrected chi connectivity index (χ0v) is 19.6. The smallest absolute Gasteiger partial charge is 0.266 e. The first kappa shape index (κ1) is 23.9. The molecular formula is C21H23ClN4O5S. The van der Waals surface area contributed by atoms with Crippen LogP contribution in [0, 0.1) is 6.92 Å². The fourth-order valence-corrected chi connectivity index (χ4v) is 4.38. The molecule has 0 saturated carbocycles. The molecule has 2 heterocycles. The first-order valence-corrected chi connectivity index (χ1v) is 10.8. The zero-order chi connectivity index (χ0) is 23.3. The normalized spacial score (nSPS) is 10.9. The van der Waals surface area contributed by atoms with Crippen LogP contribution in [-0.2, 0) is 16.1 Å². The van der Waals surface area contributed by atoms with Crippen LogP contribution in [0.1, 0.15) is 31.4 Å². The first-order chi connectivity index (χ1) is 15.4. The molecule has 2 N–H and O–H groups in total. The minimum absolute atomic E-state index is 0.225. The van der Waals surface area contributed by atoms with Crippen LogP contribution in [0.4, 0.5) is 5.69 Å². The van der Waals surface area contributed by atoms with Crippen molar-refractivity contribution in [2.75, 3.05) is 39.8 Å². The Labute approximate surface area is 194 Å². The number of rotatable bonds is 9. The van der Waals surface area contributed by atoms with E-state index in [-0.39, 0.29) is 23.4 Å². The quantitative estimate of drug-likeness (QED) is 0.453. The van der Waals surface area contributed by atoms with Gasteiger partial charge >= 0.3 is 0 Å². The van der Waals surface area contributed by atoms with Crippen LogP contribution in [0.25, 0.3) is 10.2 Å². The summed E-state index contributed by atoms with van der Waals surface area (Å²) in [5, 5.41) is 6.43. The third kappa shape index (κ3) is 5.16. The first-order valence-electron chi connectivity index (χ1n) is 9.60. The third-order valence-corrected chi connectivity index (χ3v) is 6.04. The summed E-state index contributed by atoms with van der Waals surface area (Å²) in [7, 11) is 4.62. The van der Waals surface area contributed by atoms with E-state index in [0.29, 0.717) is 56.8 Å². The number of anilines is 1. The number of ether oxygens (including phenoxy) is 3. The highest BCUT2D eigenvalue weighted by Crippen LogP contribution is 2.35. The average Bonchev–Trinajstić information content (AvgIpc) is 3.10. The average molecular weight is 479 g/mol. The summed E-state index contributed by atoms with van der Waals surface area (Å²) in [5.74, 6) is 0.218. The SMILES string of the molecule is COCCNC(=O)c1ccc(NC(=O)c2sc3nc(COC)nc(OC)c3c2C)cc1Cl. The van der Waals surface area contributed by atoms with Gasteiger partial charge < -0.3 is 24.8 Å². The molecule has 3 aromatic rings. The van der Waals surface area contributed by atoms with Crippen molar-refractivity contribution in [1.82, 2.24) is 15.3 Å². The van der Waals surface area contributed by atoms with Gasteiger partial charge in [-0.25, -0.2) is 4.98 Å². The summed E-state index contributed by atoms with van der Waals surface area (Å²) >= 11 is 7.50. The molecule has 0 bridgehead atoms. The molecule has 0 radical (unpaired) electrons. The molecule has 0 atom stereocenters. The summed E-state index contributed by atoms with van der Waals surface area (Å²) < 4.78 is 15.4. The maximum Gasteiger partial charge on any atom is 0.266 e. The van der Waals surface area contributed by atoms with Gasteiger partial charge in [0, 0.05) is 26.5 Å². The van der Waals surface area contributed by atoms with E-state index < -0.39 is 0 Å². The number of carbonyl (C=O) groups excluding carboxylic acids is 2.